The van der Waals surface area contributed by atoms with Gasteiger partial charge >= 0.3 is 0 Å². The number of nitrogens with two attached hydrogens (primary N) is 2. The van der Waals surface area contributed by atoms with E-state index >= 15 is 0 Å². The molecule has 6 nitrogen and oxygen atoms in total. The van der Waals surface area contributed by atoms with Gasteiger partial charge in [0.1, 0.15) is 0 Å². The lowest BCUT2D eigenvalue weighted by molar-refractivity contribution is 0.597. The first kappa shape index (κ1) is 19.4. The molecule has 1 aromatic rings. The minimum Gasteiger partial charge on any atom is -0.370 e. The molecule has 0 bridgehead atoms. The number of sulfonamides is 1. The standard InChI is InChI=1S/C16H28N4O2S/c1-2-3-4-5-6-7-12-19-16(17)20-13-14-8-10-15(11-9-14)23(18,21)22/h8-11H,2-7,12-13H2,1H3,(H3,17,19,20)(H2,18,21,22). The van der Waals surface area contributed by atoms with Crippen LogP contribution in [0.4, 0.5) is 0 Å². The highest BCUT2D eigenvalue weighted by Gasteiger charge is 2.06. The van der Waals surface area contributed by atoms with E-state index in [1.54, 1.807) is 12.1 Å². The van der Waals surface area contributed by atoms with Crippen molar-refractivity contribution in [3.63, 3.8) is 0 Å². The Labute approximate surface area is 139 Å². The van der Waals surface area contributed by atoms with Crippen LogP contribution in [0.2, 0.25) is 0 Å². The van der Waals surface area contributed by atoms with Gasteiger partial charge in [-0.3, -0.25) is 0 Å². The third-order valence-electron chi connectivity index (χ3n) is 3.52. The van der Waals surface area contributed by atoms with Crippen LogP contribution >= 0.6 is 0 Å². The largest absolute Gasteiger partial charge is 0.370 e. The van der Waals surface area contributed by atoms with Crippen molar-refractivity contribution in [3.8, 4) is 0 Å². The van der Waals surface area contributed by atoms with Crippen molar-refractivity contribution >= 4 is 16.0 Å². The Morgan fingerprint density at radius 3 is 2.30 bits per heavy atom. The lowest BCUT2D eigenvalue weighted by atomic mass is 10.1. The van der Waals surface area contributed by atoms with Crippen LogP contribution in [0.3, 0.4) is 0 Å². The molecule has 0 spiro atoms. The Bertz CT molecular complexity index is 583. The molecule has 0 saturated heterocycles. The van der Waals surface area contributed by atoms with E-state index < -0.39 is 10.0 Å². The Balaban J connectivity index is 2.28. The van der Waals surface area contributed by atoms with Crippen LogP contribution in [-0.4, -0.2) is 20.9 Å². The van der Waals surface area contributed by atoms with E-state index in [1.165, 1.54) is 44.2 Å². The highest BCUT2D eigenvalue weighted by molar-refractivity contribution is 7.89. The molecule has 1 aromatic carbocycles. The molecule has 0 aliphatic carbocycles. The van der Waals surface area contributed by atoms with Crippen molar-refractivity contribution in [3.05, 3.63) is 29.8 Å². The lowest BCUT2D eigenvalue weighted by Crippen LogP contribution is -2.32. The maximum atomic E-state index is 11.2. The molecule has 0 aromatic heterocycles. The molecule has 0 fully saturated rings. The molecule has 0 unspecified atom stereocenters. The first-order valence-corrected chi connectivity index (χ1v) is 9.63. The van der Waals surface area contributed by atoms with Gasteiger partial charge < -0.3 is 11.1 Å². The van der Waals surface area contributed by atoms with E-state index in [1.807, 2.05) is 0 Å². The zero-order valence-electron chi connectivity index (χ0n) is 13.8. The zero-order valence-corrected chi connectivity index (χ0v) is 14.6. The summed E-state index contributed by atoms with van der Waals surface area (Å²) in [6, 6.07) is 6.31. The molecule has 0 saturated carbocycles. The predicted molar refractivity (Wildman–Crippen MR) is 94.5 cm³/mol. The topological polar surface area (TPSA) is 111 Å². The van der Waals surface area contributed by atoms with Crippen molar-refractivity contribution in [2.75, 3.05) is 6.54 Å². The van der Waals surface area contributed by atoms with Crippen LogP contribution in [-0.2, 0) is 16.6 Å². The van der Waals surface area contributed by atoms with E-state index in [0.29, 0.717) is 12.5 Å². The first-order valence-electron chi connectivity index (χ1n) is 8.09. The van der Waals surface area contributed by atoms with E-state index in [0.717, 1.165) is 18.5 Å². The monoisotopic (exact) mass is 340 g/mol. The van der Waals surface area contributed by atoms with Gasteiger partial charge in [-0.15, -0.1) is 0 Å². The molecule has 5 N–H and O–H groups in total. The molecule has 0 heterocycles. The second kappa shape index (κ2) is 10.2. The summed E-state index contributed by atoms with van der Waals surface area (Å²) in [6.45, 7) is 3.44. The highest BCUT2D eigenvalue weighted by atomic mass is 32.2. The summed E-state index contributed by atoms with van der Waals surface area (Å²) in [6.07, 6.45) is 7.42. The van der Waals surface area contributed by atoms with Gasteiger partial charge in [-0.1, -0.05) is 51.2 Å². The highest BCUT2D eigenvalue weighted by Crippen LogP contribution is 2.09. The summed E-state index contributed by atoms with van der Waals surface area (Å²) < 4.78 is 22.3. The average molecular weight is 340 g/mol. The number of nitrogens with one attached hydrogen (secondary N) is 1. The summed E-state index contributed by atoms with van der Waals surface area (Å²) in [5.41, 5.74) is 6.68. The lowest BCUT2D eigenvalue weighted by Gasteiger charge is -2.06. The van der Waals surface area contributed by atoms with Crippen LogP contribution in [0.5, 0.6) is 0 Å². The van der Waals surface area contributed by atoms with Crippen molar-refractivity contribution in [1.29, 1.82) is 0 Å². The summed E-state index contributed by atoms with van der Waals surface area (Å²) in [5.74, 6) is 0.411. The van der Waals surface area contributed by atoms with Crippen LogP contribution in [0.1, 0.15) is 51.0 Å². The number of hydrogen-bond acceptors (Lipinski definition) is 3. The van der Waals surface area contributed by atoms with E-state index in [-0.39, 0.29) is 4.90 Å². The normalized spacial score (nSPS) is 12.3. The predicted octanol–water partition coefficient (Wildman–Crippen LogP) is 2.10. The molecular weight excluding hydrogens is 312 g/mol. The maximum absolute atomic E-state index is 11.2. The van der Waals surface area contributed by atoms with Gasteiger partial charge in [-0.2, -0.15) is 0 Å². The molecular formula is C16H28N4O2S. The number of benzene rings is 1. The van der Waals surface area contributed by atoms with Gasteiger partial charge in [-0.05, 0) is 24.1 Å². The van der Waals surface area contributed by atoms with Gasteiger partial charge in [0.15, 0.2) is 5.96 Å². The molecule has 0 radical (unpaired) electrons. The number of unbranched alkanes of at least 4 members (excludes halogenated alkanes) is 5. The quantitative estimate of drug-likeness (QED) is 0.344. The molecule has 130 valence electrons. The summed E-state index contributed by atoms with van der Waals surface area (Å²) in [7, 11) is -3.65. The molecule has 23 heavy (non-hydrogen) atoms. The Kier molecular flexibility index (Phi) is 8.65. The van der Waals surface area contributed by atoms with Crippen LogP contribution < -0.4 is 16.2 Å². The van der Waals surface area contributed by atoms with Crippen LogP contribution in [0.15, 0.2) is 34.2 Å². The Hall–Kier alpha value is -1.60. The van der Waals surface area contributed by atoms with E-state index in [2.05, 4.69) is 17.2 Å². The minimum absolute atomic E-state index is 0.0967. The molecule has 7 heteroatoms. The minimum atomic E-state index is -3.65. The van der Waals surface area contributed by atoms with E-state index in [4.69, 9.17) is 10.9 Å². The molecule has 0 aliphatic rings. The second-order valence-electron chi connectivity index (χ2n) is 5.58. The zero-order chi connectivity index (χ0) is 17.1. The number of hydrogen-bond donors (Lipinski definition) is 3. The molecule has 0 atom stereocenters. The third-order valence-corrected chi connectivity index (χ3v) is 4.45. The van der Waals surface area contributed by atoms with Gasteiger partial charge in [-0.25, -0.2) is 18.5 Å². The van der Waals surface area contributed by atoms with Crippen molar-refractivity contribution in [1.82, 2.24) is 5.32 Å². The summed E-state index contributed by atoms with van der Waals surface area (Å²) >= 11 is 0. The third kappa shape index (κ3) is 8.56. The smallest absolute Gasteiger partial charge is 0.238 e. The van der Waals surface area contributed by atoms with Gasteiger partial charge in [0.2, 0.25) is 10.0 Å². The molecule has 1 rings (SSSR count). The SMILES string of the molecule is CCCCCCCCNC(N)=NCc1ccc(S(N)(=O)=O)cc1. The fourth-order valence-corrected chi connectivity index (χ4v) is 2.65. The summed E-state index contributed by atoms with van der Waals surface area (Å²) in [4.78, 5) is 4.33. The number of guanidine groups is 1. The van der Waals surface area contributed by atoms with Gasteiger partial charge in [0, 0.05) is 6.54 Å². The Morgan fingerprint density at radius 1 is 1.09 bits per heavy atom. The fraction of sp³-hybridized carbons (Fsp3) is 0.562. The fourth-order valence-electron chi connectivity index (χ4n) is 2.14. The molecule has 0 amide bonds. The van der Waals surface area contributed by atoms with Crippen molar-refractivity contribution < 1.29 is 8.42 Å². The number of nitrogens with zero attached hydrogens (tertiary/aromatic N) is 1. The van der Waals surface area contributed by atoms with Gasteiger partial charge in [0.05, 0.1) is 11.4 Å². The first-order chi connectivity index (χ1) is 10.9. The summed E-state index contributed by atoms with van der Waals surface area (Å²) in [5, 5.41) is 8.14. The average Bonchev–Trinajstić information content (AvgIpc) is 2.51. The number of aliphatic imine (C=N–C) groups is 1. The van der Waals surface area contributed by atoms with Crippen molar-refractivity contribution in [2.45, 2.75) is 56.9 Å². The second-order valence-corrected chi connectivity index (χ2v) is 7.15. The van der Waals surface area contributed by atoms with Crippen LogP contribution in [0.25, 0.3) is 0 Å². The molecule has 0 aliphatic heterocycles. The van der Waals surface area contributed by atoms with Gasteiger partial charge in [0.25, 0.3) is 0 Å². The number of primary sulfonamides is 1. The van der Waals surface area contributed by atoms with E-state index in [9.17, 15) is 8.42 Å². The van der Waals surface area contributed by atoms with Crippen molar-refractivity contribution in [2.24, 2.45) is 15.9 Å². The number of rotatable bonds is 10. The Morgan fingerprint density at radius 2 is 1.70 bits per heavy atom. The van der Waals surface area contributed by atoms with Crippen LogP contribution in [0, 0.1) is 0 Å². The maximum Gasteiger partial charge on any atom is 0.238 e.